The normalized spacial score (nSPS) is 16.4. The van der Waals surface area contributed by atoms with Gasteiger partial charge >= 0.3 is 6.03 Å². The average Bonchev–Trinajstić information content (AvgIpc) is 3.06. The lowest BCUT2D eigenvalue weighted by atomic mass is 10.0. The van der Waals surface area contributed by atoms with Crippen molar-refractivity contribution in [3.8, 4) is 0 Å². The number of nitrogens with zero attached hydrogens (tertiary/aromatic N) is 1. The molecule has 0 aromatic rings. The maximum absolute atomic E-state index is 12.3. The van der Waals surface area contributed by atoms with Gasteiger partial charge in [0.1, 0.15) is 6.04 Å². The van der Waals surface area contributed by atoms with Crippen molar-refractivity contribution in [2.75, 3.05) is 13.2 Å². The highest BCUT2D eigenvalue weighted by Gasteiger charge is 2.35. The van der Waals surface area contributed by atoms with E-state index < -0.39 is 12.1 Å². The van der Waals surface area contributed by atoms with Gasteiger partial charge in [-0.05, 0) is 25.2 Å². The van der Waals surface area contributed by atoms with Crippen LogP contribution in [0.5, 0.6) is 0 Å². The Hall–Kier alpha value is -1.30. The molecular weight excluding hydrogens is 234 g/mol. The summed E-state index contributed by atoms with van der Waals surface area (Å²) in [6.07, 6.45) is 2.49. The van der Waals surface area contributed by atoms with Crippen molar-refractivity contribution in [2.45, 2.75) is 45.2 Å². The largest absolute Gasteiger partial charge is 0.395 e. The van der Waals surface area contributed by atoms with Crippen LogP contribution in [0.25, 0.3) is 0 Å². The topological polar surface area (TPSA) is 95.7 Å². The maximum Gasteiger partial charge on any atom is 0.312 e. The highest BCUT2D eigenvalue weighted by atomic mass is 16.3. The Morgan fingerprint density at radius 2 is 2.06 bits per heavy atom. The van der Waals surface area contributed by atoms with Crippen molar-refractivity contribution >= 4 is 11.9 Å². The van der Waals surface area contributed by atoms with Gasteiger partial charge < -0.3 is 21.1 Å². The Kier molecular flexibility index (Phi) is 5.40. The molecule has 1 fully saturated rings. The SMILES string of the molecule is CC(C)CC(NC(N)=O)C(=O)N(CCO)C1CC1. The summed E-state index contributed by atoms with van der Waals surface area (Å²) in [5.41, 5.74) is 5.10. The second-order valence-electron chi connectivity index (χ2n) is 5.18. The zero-order valence-corrected chi connectivity index (χ0v) is 11.1. The first-order chi connectivity index (χ1) is 8.45. The average molecular weight is 257 g/mol. The van der Waals surface area contributed by atoms with E-state index in [0.29, 0.717) is 13.0 Å². The fourth-order valence-corrected chi connectivity index (χ4v) is 2.03. The first kappa shape index (κ1) is 14.8. The van der Waals surface area contributed by atoms with Crippen LogP contribution in [0.2, 0.25) is 0 Å². The van der Waals surface area contributed by atoms with E-state index in [1.807, 2.05) is 13.8 Å². The fourth-order valence-electron chi connectivity index (χ4n) is 2.03. The minimum absolute atomic E-state index is 0.0623. The van der Waals surface area contributed by atoms with Crippen LogP contribution in [0.1, 0.15) is 33.1 Å². The number of amides is 3. The summed E-state index contributed by atoms with van der Waals surface area (Å²) >= 11 is 0. The molecule has 0 aromatic carbocycles. The van der Waals surface area contributed by atoms with Crippen molar-refractivity contribution in [3.05, 3.63) is 0 Å². The second-order valence-corrected chi connectivity index (χ2v) is 5.18. The molecule has 1 rings (SSSR count). The van der Waals surface area contributed by atoms with E-state index >= 15 is 0 Å². The highest BCUT2D eigenvalue weighted by molar-refractivity contribution is 5.87. The zero-order valence-electron chi connectivity index (χ0n) is 11.1. The van der Waals surface area contributed by atoms with Crippen molar-refractivity contribution < 1.29 is 14.7 Å². The predicted octanol–water partition coefficient (Wildman–Crippen LogP) is 0.0527. The maximum atomic E-state index is 12.3. The number of hydrogen-bond donors (Lipinski definition) is 3. The summed E-state index contributed by atoms with van der Waals surface area (Å²) in [4.78, 5) is 24.9. The molecule has 0 radical (unpaired) electrons. The van der Waals surface area contributed by atoms with E-state index in [-0.39, 0.29) is 24.5 Å². The third kappa shape index (κ3) is 4.52. The summed E-state index contributed by atoms with van der Waals surface area (Å²) in [5, 5.41) is 11.5. The number of nitrogens with two attached hydrogens (primary N) is 1. The minimum Gasteiger partial charge on any atom is -0.395 e. The number of hydrogen-bond acceptors (Lipinski definition) is 3. The van der Waals surface area contributed by atoms with E-state index in [1.54, 1.807) is 4.90 Å². The molecule has 1 unspecified atom stereocenters. The number of aliphatic hydroxyl groups excluding tert-OH is 1. The van der Waals surface area contributed by atoms with Gasteiger partial charge in [-0.3, -0.25) is 4.79 Å². The second kappa shape index (κ2) is 6.58. The minimum atomic E-state index is -0.686. The Balaban J connectivity index is 2.68. The van der Waals surface area contributed by atoms with Gasteiger partial charge in [0.15, 0.2) is 0 Å². The molecular formula is C12H23N3O3. The van der Waals surface area contributed by atoms with Crippen molar-refractivity contribution in [2.24, 2.45) is 11.7 Å². The zero-order chi connectivity index (χ0) is 13.7. The van der Waals surface area contributed by atoms with Crippen molar-refractivity contribution in [1.82, 2.24) is 10.2 Å². The van der Waals surface area contributed by atoms with Crippen LogP contribution >= 0.6 is 0 Å². The van der Waals surface area contributed by atoms with Gasteiger partial charge in [-0.1, -0.05) is 13.8 Å². The van der Waals surface area contributed by atoms with E-state index in [4.69, 9.17) is 10.8 Å². The van der Waals surface area contributed by atoms with E-state index in [9.17, 15) is 9.59 Å². The fraction of sp³-hybridized carbons (Fsp3) is 0.833. The van der Waals surface area contributed by atoms with Crippen LogP contribution in [0.4, 0.5) is 4.79 Å². The molecule has 0 aromatic heterocycles. The molecule has 3 amide bonds. The first-order valence-corrected chi connectivity index (χ1v) is 6.43. The molecule has 18 heavy (non-hydrogen) atoms. The number of carbonyl (C=O) groups excluding carboxylic acids is 2. The number of aliphatic hydroxyl groups is 1. The smallest absolute Gasteiger partial charge is 0.312 e. The number of carbonyl (C=O) groups is 2. The summed E-state index contributed by atoms with van der Waals surface area (Å²) in [5.74, 6) is 0.139. The summed E-state index contributed by atoms with van der Waals surface area (Å²) in [6.45, 7) is 4.22. The van der Waals surface area contributed by atoms with E-state index in [0.717, 1.165) is 12.8 Å². The Morgan fingerprint density at radius 3 is 2.44 bits per heavy atom. The molecule has 1 saturated carbocycles. The van der Waals surface area contributed by atoms with Crippen LogP contribution in [-0.4, -0.2) is 47.2 Å². The predicted molar refractivity (Wildman–Crippen MR) is 67.8 cm³/mol. The van der Waals surface area contributed by atoms with Crippen LogP contribution < -0.4 is 11.1 Å². The molecule has 0 saturated heterocycles. The van der Waals surface area contributed by atoms with E-state index in [1.165, 1.54) is 0 Å². The first-order valence-electron chi connectivity index (χ1n) is 6.43. The van der Waals surface area contributed by atoms with Gasteiger partial charge in [-0.15, -0.1) is 0 Å². The lowest BCUT2D eigenvalue weighted by Gasteiger charge is -2.27. The summed E-state index contributed by atoms with van der Waals surface area (Å²) < 4.78 is 0. The molecule has 0 bridgehead atoms. The number of urea groups is 1. The van der Waals surface area contributed by atoms with Crippen molar-refractivity contribution in [1.29, 1.82) is 0 Å². The highest BCUT2D eigenvalue weighted by Crippen LogP contribution is 2.27. The molecule has 104 valence electrons. The molecule has 1 aliphatic rings. The lowest BCUT2D eigenvalue weighted by molar-refractivity contribution is -0.134. The number of primary amides is 1. The van der Waals surface area contributed by atoms with Gasteiger partial charge in [0.2, 0.25) is 5.91 Å². The quantitative estimate of drug-likeness (QED) is 0.601. The van der Waals surface area contributed by atoms with Crippen LogP contribution in [0, 0.1) is 5.92 Å². The summed E-state index contributed by atoms with van der Waals surface area (Å²) in [7, 11) is 0. The Bertz CT molecular complexity index is 303. The summed E-state index contributed by atoms with van der Waals surface area (Å²) in [6, 6.07) is -1.06. The van der Waals surface area contributed by atoms with Crippen LogP contribution in [0.3, 0.4) is 0 Å². The van der Waals surface area contributed by atoms with Gasteiger partial charge in [-0.2, -0.15) is 0 Å². The van der Waals surface area contributed by atoms with Crippen molar-refractivity contribution in [3.63, 3.8) is 0 Å². The molecule has 0 heterocycles. The molecule has 0 aliphatic heterocycles. The van der Waals surface area contributed by atoms with Gasteiger partial charge in [0.25, 0.3) is 0 Å². The van der Waals surface area contributed by atoms with E-state index in [2.05, 4.69) is 5.32 Å². The van der Waals surface area contributed by atoms with Gasteiger partial charge in [-0.25, -0.2) is 4.79 Å². The lowest BCUT2D eigenvalue weighted by Crippen LogP contribution is -2.51. The Labute approximate surface area is 108 Å². The van der Waals surface area contributed by atoms with Gasteiger partial charge in [0, 0.05) is 12.6 Å². The third-order valence-electron chi connectivity index (χ3n) is 2.93. The molecule has 6 nitrogen and oxygen atoms in total. The van der Waals surface area contributed by atoms with Crippen LogP contribution in [0.15, 0.2) is 0 Å². The molecule has 1 aliphatic carbocycles. The monoisotopic (exact) mass is 257 g/mol. The molecule has 0 spiro atoms. The van der Waals surface area contributed by atoms with Crippen LogP contribution in [-0.2, 0) is 4.79 Å². The van der Waals surface area contributed by atoms with Gasteiger partial charge in [0.05, 0.1) is 6.61 Å². The standard InChI is InChI=1S/C12H23N3O3/c1-8(2)7-10(14-12(13)18)11(17)15(5-6-16)9-3-4-9/h8-10,16H,3-7H2,1-2H3,(H3,13,14,18). The number of rotatable bonds is 7. The molecule has 6 heteroatoms. The number of nitrogens with one attached hydrogen (secondary N) is 1. The third-order valence-corrected chi connectivity index (χ3v) is 2.93. The Morgan fingerprint density at radius 1 is 1.44 bits per heavy atom. The molecule has 1 atom stereocenters. The molecule has 4 N–H and O–H groups in total.